The molecule has 4 rings (SSSR count). The van der Waals surface area contributed by atoms with Gasteiger partial charge in [-0.05, 0) is 50.5 Å². The molecule has 0 radical (unpaired) electrons. The number of nitrogens with zero attached hydrogens (tertiary/aromatic N) is 1. The van der Waals surface area contributed by atoms with Crippen LogP contribution >= 0.6 is 0 Å². The van der Waals surface area contributed by atoms with Crippen LogP contribution in [0.25, 0.3) is 0 Å². The van der Waals surface area contributed by atoms with Gasteiger partial charge in [-0.25, -0.2) is 21.6 Å². The smallest absolute Gasteiger partial charge is 0.243 e. The molecule has 2 aromatic carbocycles. The Hall–Kier alpha value is -1.78. The van der Waals surface area contributed by atoms with Crippen molar-refractivity contribution in [2.45, 2.75) is 54.7 Å². The number of rotatable bonds is 6. The van der Waals surface area contributed by atoms with Crippen molar-refractivity contribution in [3.05, 3.63) is 59.7 Å². The van der Waals surface area contributed by atoms with E-state index in [1.807, 2.05) is 6.92 Å². The summed E-state index contributed by atoms with van der Waals surface area (Å²) in [6.45, 7) is 4.14. The fourth-order valence-electron chi connectivity index (χ4n) is 4.03. The summed E-state index contributed by atoms with van der Waals surface area (Å²) in [7, 11) is -7.15. The van der Waals surface area contributed by atoms with Gasteiger partial charge in [-0.3, -0.25) is 0 Å². The Balaban J connectivity index is 1.36. The maximum absolute atomic E-state index is 12.9. The lowest BCUT2D eigenvalue weighted by Crippen LogP contribution is -2.66. The van der Waals surface area contributed by atoms with Crippen molar-refractivity contribution in [2.24, 2.45) is 0 Å². The molecule has 2 aliphatic rings. The predicted molar refractivity (Wildman–Crippen MR) is 113 cm³/mol. The zero-order chi connectivity index (χ0) is 21.5. The average molecular weight is 451 g/mol. The first-order valence-corrected chi connectivity index (χ1v) is 12.9. The molecule has 0 aliphatic carbocycles. The lowest BCUT2D eigenvalue weighted by molar-refractivity contribution is -0.136. The largest absolute Gasteiger partial charge is 0.371 e. The van der Waals surface area contributed by atoms with E-state index in [1.165, 1.54) is 4.31 Å². The van der Waals surface area contributed by atoms with Crippen molar-refractivity contribution in [1.29, 1.82) is 0 Å². The van der Waals surface area contributed by atoms with Gasteiger partial charge in [0, 0.05) is 13.1 Å². The minimum absolute atomic E-state index is 0.171. The number of hydrogen-bond donors (Lipinski definition) is 1. The number of ether oxygens (including phenoxy) is 1. The third kappa shape index (κ3) is 4.04. The molecule has 2 aliphatic heterocycles. The van der Waals surface area contributed by atoms with Crippen molar-refractivity contribution < 1.29 is 21.6 Å². The Morgan fingerprint density at radius 3 is 2.37 bits per heavy atom. The van der Waals surface area contributed by atoms with Crippen LogP contribution in [0.15, 0.2) is 58.3 Å². The predicted octanol–water partition coefficient (Wildman–Crippen LogP) is 2.20. The molecule has 2 saturated heterocycles. The van der Waals surface area contributed by atoms with Crippen molar-refractivity contribution >= 4 is 20.0 Å². The Bertz CT molecular complexity index is 1130. The van der Waals surface area contributed by atoms with Gasteiger partial charge in [0.1, 0.15) is 0 Å². The van der Waals surface area contributed by atoms with Crippen LogP contribution < -0.4 is 4.72 Å². The van der Waals surface area contributed by atoms with Crippen LogP contribution in [-0.2, 0) is 24.8 Å². The molecule has 1 N–H and O–H groups in total. The molecule has 0 saturated carbocycles. The van der Waals surface area contributed by atoms with E-state index >= 15 is 0 Å². The van der Waals surface area contributed by atoms with Gasteiger partial charge in [0.2, 0.25) is 20.0 Å². The van der Waals surface area contributed by atoms with E-state index in [2.05, 4.69) is 4.72 Å². The second kappa shape index (κ2) is 8.05. The number of hydrogen-bond acceptors (Lipinski definition) is 5. The highest BCUT2D eigenvalue weighted by Gasteiger charge is 2.49. The summed E-state index contributed by atoms with van der Waals surface area (Å²) in [5, 5.41) is 0. The van der Waals surface area contributed by atoms with Gasteiger partial charge in [-0.15, -0.1) is 0 Å². The van der Waals surface area contributed by atoms with Crippen LogP contribution in [0.2, 0.25) is 0 Å². The summed E-state index contributed by atoms with van der Waals surface area (Å²) in [4.78, 5) is 0.553. The molecule has 2 fully saturated rings. The summed E-state index contributed by atoms with van der Waals surface area (Å²) < 4.78 is 61.0. The van der Waals surface area contributed by atoms with E-state index in [0.717, 1.165) is 5.56 Å². The average Bonchev–Trinajstić information content (AvgIpc) is 2.68. The Morgan fingerprint density at radius 1 is 1.00 bits per heavy atom. The number of nitrogens with one attached hydrogen (secondary N) is 1. The summed E-state index contributed by atoms with van der Waals surface area (Å²) in [5.41, 5.74) is 1.69. The number of fused-ring (bicyclic) bond motifs is 1. The zero-order valence-corrected chi connectivity index (χ0v) is 18.6. The van der Waals surface area contributed by atoms with E-state index in [9.17, 15) is 16.8 Å². The van der Waals surface area contributed by atoms with Crippen LogP contribution in [0.4, 0.5) is 0 Å². The topological polar surface area (TPSA) is 92.8 Å². The first-order chi connectivity index (χ1) is 14.2. The molecule has 162 valence electrons. The van der Waals surface area contributed by atoms with Crippen LogP contribution in [-0.4, -0.2) is 52.5 Å². The molecule has 0 spiro atoms. The summed E-state index contributed by atoms with van der Waals surface area (Å²) in [5.74, 6) is 0. The first kappa shape index (κ1) is 21.5. The summed E-state index contributed by atoms with van der Waals surface area (Å²) in [6.07, 6.45) is 0.769. The maximum atomic E-state index is 12.9. The van der Waals surface area contributed by atoms with E-state index in [0.29, 0.717) is 29.8 Å². The summed E-state index contributed by atoms with van der Waals surface area (Å²) >= 11 is 0. The lowest BCUT2D eigenvalue weighted by Gasteiger charge is -2.50. The van der Waals surface area contributed by atoms with Gasteiger partial charge >= 0.3 is 0 Å². The highest BCUT2D eigenvalue weighted by atomic mass is 32.2. The molecule has 3 atom stereocenters. The Labute approximate surface area is 178 Å². The second-order valence-electron chi connectivity index (χ2n) is 7.95. The minimum Gasteiger partial charge on any atom is -0.371 e. The SMILES string of the molecule is Cc1ccc(S(=O)(=O)N2C[C@H]3O[C@H](CNS(=O)(=O)c4ccccc4C)CC[C@H]32)cc1. The molecule has 30 heavy (non-hydrogen) atoms. The maximum Gasteiger partial charge on any atom is 0.243 e. The fourth-order valence-corrected chi connectivity index (χ4v) is 7.03. The molecule has 0 bridgehead atoms. The molecule has 0 amide bonds. The van der Waals surface area contributed by atoms with E-state index in [1.54, 1.807) is 55.5 Å². The molecular weight excluding hydrogens is 424 g/mol. The van der Waals surface area contributed by atoms with Gasteiger partial charge in [-0.2, -0.15) is 4.31 Å². The van der Waals surface area contributed by atoms with Crippen LogP contribution in [0.3, 0.4) is 0 Å². The molecule has 0 aromatic heterocycles. The molecule has 2 heterocycles. The van der Waals surface area contributed by atoms with Crippen LogP contribution in [0, 0.1) is 13.8 Å². The molecule has 7 nitrogen and oxygen atoms in total. The number of aryl methyl sites for hydroxylation is 2. The normalized spacial score (nSPS) is 24.8. The van der Waals surface area contributed by atoms with Gasteiger partial charge in [0.25, 0.3) is 0 Å². The monoisotopic (exact) mass is 450 g/mol. The molecule has 9 heteroatoms. The Morgan fingerprint density at radius 2 is 1.70 bits per heavy atom. The van der Waals surface area contributed by atoms with E-state index in [-0.39, 0.29) is 29.7 Å². The van der Waals surface area contributed by atoms with Crippen molar-refractivity contribution in [3.63, 3.8) is 0 Å². The standard InChI is InChI=1S/C21H26N2O5S2/c1-15-7-10-18(11-8-15)30(26,27)23-14-20-19(23)12-9-17(28-20)13-22-29(24,25)21-6-4-3-5-16(21)2/h3-8,10-11,17,19-20,22H,9,12-14H2,1-2H3/t17-,19+,20+/m0/s1. The van der Waals surface area contributed by atoms with Gasteiger partial charge in [-0.1, -0.05) is 35.9 Å². The summed E-state index contributed by atoms with van der Waals surface area (Å²) in [6, 6.07) is 13.5. The van der Waals surface area contributed by atoms with Gasteiger partial charge in [0.15, 0.2) is 0 Å². The van der Waals surface area contributed by atoms with E-state index < -0.39 is 20.0 Å². The third-order valence-electron chi connectivity index (χ3n) is 5.82. The highest BCUT2D eigenvalue weighted by molar-refractivity contribution is 7.89. The van der Waals surface area contributed by atoms with Crippen molar-refractivity contribution in [3.8, 4) is 0 Å². The van der Waals surface area contributed by atoms with Crippen molar-refractivity contribution in [2.75, 3.05) is 13.1 Å². The van der Waals surface area contributed by atoms with Crippen LogP contribution in [0.5, 0.6) is 0 Å². The van der Waals surface area contributed by atoms with Crippen LogP contribution in [0.1, 0.15) is 24.0 Å². The fraction of sp³-hybridized carbons (Fsp3) is 0.429. The Kier molecular flexibility index (Phi) is 5.75. The van der Waals surface area contributed by atoms with Gasteiger partial charge < -0.3 is 4.74 Å². The number of benzene rings is 2. The minimum atomic E-state index is -3.61. The second-order valence-corrected chi connectivity index (χ2v) is 11.6. The highest BCUT2D eigenvalue weighted by Crippen LogP contribution is 2.36. The van der Waals surface area contributed by atoms with Gasteiger partial charge in [0.05, 0.1) is 28.0 Å². The molecule has 2 aromatic rings. The number of sulfonamides is 2. The van der Waals surface area contributed by atoms with Crippen molar-refractivity contribution in [1.82, 2.24) is 9.03 Å². The molecule has 0 unspecified atom stereocenters. The lowest BCUT2D eigenvalue weighted by atomic mass is 9.92. The van der Waals surface area contributed by atoms with E-state index in [4.69, 9.17) is 4.74 Å². The third-order valence-corrected chi connectivity index (χ3v) is 9.31. The quantitative estimate of drug-likeness (QED) is 0.728. The molecular formula is C21H26N2O5S2. The first-order valence-electron chi connectivity index (χ1n) is 9.98. The zero-order valence-electron chi connectivity index (χ0n) is 17.0.